The Kier molecular flexibility index (Phi) is 7.12. The number of esters is 1. The lowest BCUT2D eigenvalue weighted by Gasteiger charge is -2.20. The van der Waals surface area contributed by atoms with Gasteiger partial charge >= 0.3 is 5.97 Å². The van der Waals surface area contributed by atoms with E-state index >= 15 is 0 Å². The Hall–Kier alpha value is -2.35. The fraction of sp³-hybridized carbons (Fsp3) is 0.375. The Balaban J connectivity index is 1.74. The topological polar surface area (TPSA) is 81.4 Å². The molecule has 1 unspecified atom stereocenters. The number of carbonyl (C=O) groups excluding carboxylic acids is 2. The van der Waals surface area contributed by atoms with Gasteiger partial charge in [-0.1, -0.05) is 47.8 Å². The molecule has 1 amide bonds. The zero-order valence-electron chi connectivity index (χ0n) is 18.6. The van der Waals surface area contributed by atoms with E-state index in [1.165, 1.54) is 11.3 Å². The summed E-state index contributed by atoms with van der Waals surface area (Å²) in [7, 11) is 0. The Morgan fingerprint density at radius 1 is 1.24 bits per heavy atom. The molecule has 3 aromatic rings. The van der Waals surface area contributed by atoms with Crippen LogP contribution in [0.4, 0.5) is 5.00 Å². The number of halogens is 2. The van der Waals surface area contributed by atoms with Crippen molar-refractivity contribution in [3.05, 3.63) is 55.6 Å². The van der Waals surface area contributed by atoms with Crippen LogP contribution in [0, 0.1) is 12.8 Å². The molecule has 2 aromatic heterocycles. The maximum Gasteiger partial charge on any atom is 0.341 e. The van der Waals surface area contributed by atoms with Gasteiger partial charge in [0.1, 0.15) is 22.0 Å². The van der Waals surface area contributed by atoms with Gasteiger partial charge in [-0.25, -0.2) is 4.79 Å². The Morgan fingerprint density at radius 2 is 1.97 bits per heavy atom. The number of anilines is 1. The van der Waals surface area contributed by atoms with E-state index in [0.29, 0.717) is 37.9 Å². The normalized spacial score (nSPS) is 15.2. The number of fused-ring (bicyclic) bond motifs is 1. The molecular weight excluding hydrogens is 483 g/mol. The molecular formula is C24H24Cl2N2O4S. The van der Waals surface area contributed by atoms with Gasteiger partial charge in [-0.2, -0.15) is 0 Å². The van der Waals surface area contributed by atoms with Gasteiger partial charge in [-0.3, -0.25) is 4.79 Å². The molecule has 2 heterocycles. The van der Waals surface area contributed by atoms with Crippen molar-refractivity contribution in [2.75, 3.05) is 11.9 Å². The second kappa shape index (κ2) is 9.87. The summed E-state index contributed by atoms with van der Waals surface area (Å²) < 4.78 is 10.6. The van der Waals surface area contributed by atoms with Gasteiger partial charge in [0.25, 0.3) is 5.91 Å². The molecule has 0 aliphatic heterocycles. The van der Waals surface area contributed by atoms with Crippen molar-refractivity contribution in [3.63, 3.8) is 0 Å². The van der Waals surface area contributed by atoms with Crippen molar-refractivity contribution < 1.29 is 18.8 Å². The summed E-state index contributed by atoms with van der Waals surface area (Å²) in [6, 6.07) is 5.06. The van der Waals surface area contributed by atoms with Crippen LogP contribution in [0.15, 0.2) is 22.7 Å². The number of ether oxygens (including phenoxy) is 1. The number of aromatic nitrogens is 1. The first-order valence-electron chi connectivity index (χ1n) is 10.9. The van der Waals surface area contributed by atoms with Crippen LogP contribution in [0.1, 0.15) is 63.6 Å². The number of amides is 1. The summed E-state index contributed by atoms with van der Waals surface area (Å²) in [6.45, 7) is 5.85. The zero-order valence-corrected chi connectivity index (χ0v) is 20.9. The van der Waals surface area contributed by atoms with Gasteiger partial charge in [0.15, 0.2) is 0 Å². The molecule has 33 heavy (non-hydrogen) atoms. The number of carbonyl (C=O) groups is 2. The fourth-order valence-corrected chi connectivity index (χ4v) is 6.13. The second-order valence-electron chi connectivity index (χ2n) is 7.96. The van der Waals surface area contributed by atoms with Gasteiger partial charge in [0, 0.05) is 10.4 Å². The van der Waals surface area contributed by atoms with Crippen LogP contribution in [0.5, 0.6) is 0 Å². The first kappa shape index (κ1) is 23.8. The molecule has 9 heteroatoms. The minimum Gasteiger partial charge on any atom is -0.462 e. The highest BCUT2D eigenvalue weighted by Gasteiger charge is 2.32. The first-order valence-corrected chi connectivity index (χ1v) is 12.5. The number of hydrogen-bond donors (Lipinski definition) is 1. The average Bonchev–Trinajstić information content (AvgIpc) is 3.33. The smallest absolute Gasteiger partial charge is 0.341 e. The van der Waals surface area contributed by atoms with E-state index in [1.54, 1.807) is 32.0 Å². The summed E-state index contributed by atoms with van der Waals surface area (Å²) in [5.41, 5.74) is 2.33. The summed E-state index contributed by atoms with van der Waals surface area (Å²) in [4.78, 5) is 27.4. The van der Waals surface area contributed by atoms with Crippen molar-refractivity contribution in [2.45, 2.75) is 46.5 Å². The SMILES string of the molecule is CCOC(=O)c1c(NC(=O)c2c(-c3c(Cl)cccc3Cl)noc2C)sc2c1CCC(CC)C2. The highest BCUT2D eigenvalue weighted by Crippen LogP contribution is 2.42. The maximum absolute atomic E-state index is 13.4. The van der Waals surface area contributed by atoms with Crippen LogP contribution >= 0.6 is 34.5 Å². The molecule has 1 aliphatic rings. The molecule has 6 nitrogen and oxygen atoms in total. The number of benzene rings is 1. The van der Waals surface area contributed by atoms with Gasteiger partial charge in [0.2, 0.25) is 0 Å². The van der Waals surface area contributed by atoms with E-state index in [-0.39, 0.29) is 17.9 Å². The van der Waals surface area contributed by atoms with Crippen molar-refractivity contribution in [1.29, 1.82) is 0 Å². The molecule has 1 aromatic carbocycles. The highest BCUT2D eigenvalue weighted by molar-refractivity contribution is 7.17. The molecule has 0 saturated carbocycles. The number of nitrogens with one attached hydrogen (secondary N) is 1. The molecule has 0 spiro atoms. The number of hydrogen-bond acceptors (Lipinski definition) is 6. The van der Waals surface area contributed by atoms with Crippen LogP contribution in [-0.2, 0) is 17.6 Å². The molecule has 174 valence electrons. The predicted molar refractivity (Wildman–Crippen MR) is 131 cm³/mol. The summed E-state index contributed by atoms with van der Waals surface area (Å²) >= 11 is 14.1. The minimum atomic E-state index is -0.448. The van der Waals surface area contributed by atoms with Gasteiger partial charge in [-0.05, 0) is 56.7 Å². The second-order valence-corrected chi connectivity index (χ2v) is 9.88. The molecule has 1 aliphatic carbocycles. The lowest BCUT2D eigenvalue weighted by molar-refractivity contribution is 0.0526. The molecule has 0 saturated heterocycles. The van der Waals surface area contributed by atoms with Crippen LogP contribution < -0.4 is 5.32 Å². The Morgan fingerprint density at radius 3 is 2.64 bits per heavy atom. The number of rotatable bonds is 6. The van der Waals surface area contributed by atoms with Crippen LogP contribution in [0.3, 0.4) is 0 Å². The summed E-state index contributed by atoms with van der Waals surface area (Å²) in [6.07, 6.45) is 3.78. The highest BCUT2D eigenvalue weighted by atomic mass is 35.5. The third kappa shape index (κ3) is 4.54. The lowest BCUT2D eigenvalue weighted by Crippen LogP contribution is -2.17. The third-order valence-corrected chi connectivity index (χ3v) is 7.74. The molecule has 1 N–H and O–H groups in total. The monoisotopic (exact) mass is 506 g/mol. The minimum absolute atomic E-state index is 0.220. The van der Waals surface area contributed by atoms with E-state index in [9.17, 15) is 9.59 Å². The standard InChI is InChI=1S/C24H24Cl2N2O4S/c1-4-13-9-10-14-17(11-13)33-23(19(14)24(30)31-5-2)27-22(29)18-12(3)32-28-21(18)20-15(25)7-6-8-16(20)26/h6-8,13H,4-5,9-11H2,1-3H3,(H,27,29). The van der Waals surface area contributed by atoms with E-state index in [0.717, 1.165) is 36.1 Å². The summed E-state index contributed by atoms with van der Waals surface area (Å²) in [5.74, 6) is 0.0279. The molecule has 1 atom stereocenters. The van der Waals surface area contributed by atoms with Crippen LogP contribution in [-0.4, -0.2) is 23.6 Å². The molecule has 4 rings (SSSR count). The number of thiophene rings is 1. The van der Waals surface area contributed by atoms with Crippen LogP contribution in [0.2, 0.25) is 10.0 Å². The Bertz CT molecular complexity index is 1200. The Labute approximate surface area is 206 Å². The largest absolute Gasteiger partial charge is 0.462 e. The summed E-state index contributed by atoms with van der Waals surface area (Å²) in [5, 5.41) is 8.17. The molecule has 0 fully saturated rings. The van der Waals surface area contributed by atoms with Crippen molar-refractivity contribution in [1.82, 2.24) is 5.16 Å². The maximum atomic E-state index is 13.4. The van der Waals surface area contributed by atoms with E-state index in [1.807, 2.05) is 0 Å². The molecule has 0 bridgehead atoms. The quantitative estimate of drug-likeness (QED) is 0.365. The average molecular weight is 507 g/mol. The number of nitrogens with zero attached hydrogens (tertiary/aromatic N) is 1. The number of aryl methyl sites for hydroxylation is 1. The van der Waals surface area contributed by atoms with Gasteiger partial charge < -0.3 is 14.6 Å². The lowest BCUT2D eigenvalue weighted by atomic mass is 9.85. The third-order valence-electron chi connectivity index (χ3n) is 5.94. The van der Waals surface area contributed by atoms with Gasteiger partial charge in [-0.15, -0.1) is 11.3 Å². The predicted octanol–water partition coefficient (Wildman–Crippen LogP) is 6.96. The fourth-order valence-electron chi connectivity index (χ4n) is 4.21. The zero-order chi connectivity index (χ0) is 23.7. The van der Waals surface area contributed by atoms with Crippen molar-refractivity contribution in [3.8, 4) is 11.3 Å². The van der Waals surface area contributed by atoms with Crippen molar-refractivity contribution in [2.24, 2.45) is 5.92 Å². The van der Waals surface area contributed by atoms with Gasteiger partial charge in [0.05, 0.1) is 22.2 Å². The first-order chi connectivity index (χ1) is 15.8. The van der Waals surface area contributed by atoms with E-state index < -0.39 is 11.9 Å². The van der Waals surface area contributed by atoms with Crippen molar-refractivity contribution >= 4 is 51.4 Å². The van der Waals surface area contributed by atoms with E-state index in [2.05, 4.69) is 17.4 Å². The van der Waals surface area contributed by atoms with Crippen LogP contribution in [0.25, 0.3) is 11.3 Å². The van der Waals surface area contributed by atoms with E-state index in [4.69, 9.17) is 32.5 Å². The molecule has 0 radical (unpaired) electrons.